The summed E-state index contributed by atoms with van der Waals surface area (Å²) >= 11 is 0. The molecule has 3 aromatic heterocycles. The maximum Gasteiger partial charge on any atom is 0.234 e. The Morgan fingerprint density at radius 1 is 1.11 bits per heavy atom. The molecule has 0 aliphatic carbocycles. The molecule has 0 atom stereocenters. The SMILES string of the molecule is CCc1cnc(N2CCCC2)nc1.Cn1cc(F)c2c(Oc3ccc(N=CNN)cc3)ncnc21. The number of hydrogen-bond donors (Lipinski definition) is 2. The lowest BCUT2D eigenvalue weighted by Crippen LogP contribution is -2.20. The van der Waals surface area contributed by atoms with E-state index in [2.05, 4.69) is 42.2 Å². The zero-order chi connectivity index (χ0) is 24.6. The van der Waals surface area contributed by atoms with Crippen LogP contribution >= 0.6 is 0 Å². The monoisotopic (exact) mass is 477 g/mol. The second-order valence-electron chi connectivity index (χ2n) is 7.93. The molecule has 35 heavy (non-hydrogen) atoms. The van der Waals surface area contributed by atoms with Crippen LogP contribution in [0.5, 0.6) is 11.6 Å². The third-order valence-electron chi connectivity index (χ3n) is 5.50. The fraction of sp³-hybridized carbons (Fsp3) is 0.292. The first kappa shape index (κ1) is 24.0. The largest absolute Gasteiger partial charge is 0.438 e. The molecule has 0 saturated carbocycles. The van der Waals surface area contributed by atoms with E-state index in [1.54, 1.807) is 35.9 Å². The van der Waals surface area contributed by atoms with Crippen LogP contribution in [-0.2, 0) is 13.5 Å². The summed E-state index contributed by atoms with van der Waals surface area (Å²) < 4.78 is 21.2. The molecular weight excluding hydrogens is 449 g/mol. The van der Waals surface area contributed by atoms with Crippen LogP contribution in [-0.4, -0.2) is 43.9 Å². The average Bonchev–Trinajstić information content (AvgIpc) is 3.53. The zero-order valence-electron chi connectivity index (χ0n) is 19.7. The Morgan fingerprint density at radius 2 is 1.83 bits per heavy atom. The first-order valence-corrected chi connectivity index (χ1v) is 11.4. The minimum absolute atomic E-state index is 0.169. The lowest BCUT2D eigenvalue weighted by atomic mass is 10.3. The van der Waals surface area contributed by atoms with Crippen molar-refractivity contribution in [2.45, 2.75) is 26.2 Å². The molecule has 4 aromatic rings. The van der Waals surface area contributed by atoms with Crippen LogP contribution in [0.2, 0.25) is 0 Å². The van der Waals surface area contributed by atoms with E-state index in [-0.39, 0.29) is 11.3 Å². The van der Waals surface area contributed by atoms with Gasteiger partial charge in [-0.05, 0) is 49.1 Å². The molecule has 0 amide bonds. The fourth-order valence-corrected chi connectivity index (χ4v) is 3.64. The van der Waals surface area contributed by atoms with Gasteiger partial charge < -0.3 is 19.6 Å². The number of nitrogens with zero attached hydrogens (tertiary/aromatic N) is 7. The molecule has 0 bridgehead atoms. The van der Waals surface area contributed by atoms with E-state index in [1.165, 1.54) is 37.3 Å². The van der Waals surface area contributed by atoms with E-state index < -0.39 is 5.82 Å². The van der Waals surface area contributed by atoms with Gasteiger partial charge in [0.2, 0.25) is 11.8 Å². The number of ether oxygens (including phenoxy) is 1. The number of fused-ring (bicyclic) bond motifs is 1. The summed E-state index contributed by atoms with van der Waals surface area (Å²) in [5.41, 5.74) is 4.69. The summed E-state index contributed by atoms with van der Waals surface area (Å²) in [7, 11) is 1.71. The molecule has 0 unspecified atom stereocenters. The van der Waals surface area contributed by atoms with Crippen LogP contribution in [0.4, 0.5) is 16.0 Å². The van der Waals surface area contributed by atoms with Gasteiger partial charge in [-0.2, -0.15) is 0 Å². The predicted molar refractivity (Wildman–Crippen MR) is 133 cm³/mol. The molecule has 0 spiro atoms. The number of benzene rings is 1. The topological polar surface area (TPSA) is 119 Å². The van der Waals surface area contributed by atoms with Crippen molar-refractivity contribution in [1.29, 1.82) is 0 Å². The Kier molecular flexibility index (Phi) is 7.78. The number of nitrogens with one attached hydrogen (secondary N) is 1. The maximum atomic E-state index is 14.0. The molecule has 1 aromatic carbocycles. The highest BCUT2D eigenvalue weighted by atomic mass is 19.1. The molecule has 1 fully saturated rings. The average molecular weight is 478 g/mol. The molecule has 3 N–H and O–H groups in total. The number of halogens is 1. The molecule has 4 heterocycles. The number of anilines is 1. The van der Waals surface area contributed by atoms with Crippen LogP contribution in [0.1, 0.15) is 25.3 Å². The van der Waals surface area contributed by atoms with Gasteiger partial charge in [0.05, 0.1) is 5.69 Å². The van der Waals surface area contributed by atoms with Crippen molar-refractivity contribution in [3.63, 3.8) is 0 Å². The number of hydrazine groups is 1. The van der Waals surface area contributed by atoms with Crippen molar-refractivity contribution in [2.24, 2.45) is 17.9 Å². The number of aryl methyl sites for hydroxylation is 2. The molecule has 1 saturated heterocycles. The van der Waals surface area contributed by atoms with Crippen LogP contribution in [0, 0.1) is 5.82 Å². The van der Waals surface area contributed by atoms with E-state index >= 15 is 0 Å². The minimum Gasteiger partial charge on any atom is -0.438 e. The Morgan fingerprint density at radius 3 is 2.49 bits per heavy atom. The third kappa shape index (κ3) is 5.87. The smallest absolute Gasteiger partial charge is 0.234 e. The van der Waals surface area contributed by atoms with Gasteiger partial charge >= 0.3 is 0 Å². The second-order valence-corrected chi connectivity index (χ2v) is 7.93. The summed E-state index contributed by atoms with van der Waals surface area (Å²) in [4.78, 5) is 23.0. The molecular formula is C24H28FN9O. The second kappa shape index (κ2) is 11.3. The lowest BCUT2D eigenvalue weighted by molar-refractivity contribution is 0.466. The quantitative estimate of drug-likeness (QED) is 0.187. The number of rotatable bonds is 6. The summed E-state index contributed by atoms with van der Waals surface area (Å²) in [5.74, 6) is 6.26. The molecule has 1 aliphatic rings. The van der Waals surface area contributed by atoms with Crippen molar-refractivity contribution >= 4 is 29.0 Å². The molecule has 0 radical (unpaired) electrons. The van der Waals surface area contributed by atoms with E-state index in [4.69, 9.17) is 10.6 Å². The first-order chi connectivity index (χ1) is 17.1. The van der Waals surface area contributed by atoms with Gasteiger partial charge in [0.25, 0.3) is 0 Å². The van der Waals surface area contributed by atoms with Crippen LogP contribution in [0.25, 0.3) is 11.0 Å². The Bertz CT molecular complexity index is 1270. The highest BCUT2D eigenvalue weighted by Crippen LogP contribution is 2.30. The van der Waals surface area contributed by atoms with Crippen LogP contribution in [0.15, 0.2) is 54.2 Å². The number of hydrogen-bond acceptors (Lipinski definition) is 8. The highest BCUT2D eigenvalue weighted by Gasteiger charge is 2.15. The highest BCUT2D eigenvalue weighted by molar-refractivity contribution is 5.82. The van der Waals surface area contributed by atoms with Crippen molar-refractivity contribution < 1.29 is 9.13 Å². The van der Waals surface area contributed by atoms with Gasteiger partial charge in [-0.3, -0.25) is 0 Å². The summed E-state index contributed by atoms with van der Waals surface area (Å²) in [5, 5.41) is 0.249. The first-order valence-electron chi connectivity index (χ1n) is 11.4. The van der Waals surface area contributed by atoms with E-state index in [9.17, 15) is 4.39 Å². The van der Waals surface area contributed by atoms with Crippen molar-refractivity contribution in [2.75, 3.05) is 18.0 Å². The lowest BCUT2D eigenvalue weighted by Gasteiger charge is -2.14. The van der Waals surface area contributed by atoms with Gasteiger partial charge in [0.15, 0.2) is 5.82 Å². The molecule has 10 nitrogen and oxygen atoms in total. The summed E-state index contributed by atoms with van der Waals surface area (Å²) in [6.45, 7) is 4.35. The van der Waals surface area contributed by atoms with Gasteiger partial charge in [-0.1, -0.05) is 6.92 Å². The molecule has 5 rings (SSSR count). The van der Waals surface area contributed by atoms with Gasteiger partial charge in [0, 0.05) is 38.7 Å². The Hall–Kier alpha value is -4.12. The molecule has 182 valence electrons. The maximum absolute atomic E-state index is 14.0. The standard InChI is InChI=1S/C14H13FN6O.C10H15N3/c1-21-6-11(15)12-13(21)18-7-19-14(12)22-10-4-2-9(3-5-10)17-8-20-16;1-2-9-7-11-10(12-8-9)13-5-3-4-6-13/h2-8H,16H2,1H3,(H,17,20);7-8H,2-6H2,1H3. The number of nitrogens with two attached hydrogens (primary N) is 1. The van der Waals surface area contributed by atoms with E-state index in [1.807, 2.05) is 12.4 Å². The Balaban J connectivity index is 0.000000189. The number of aliphatic imine (C=N–C) groups is 1. The van der Waals surface area contributed by atoms with Crippen molar-refractivity contribution in [3.8, 4) is 11.6 Å². The minimum atomic E-state index is -0.427. The van der Waals surface area contributed by atoms with E-state index in [0.29, 0.717) is 17.1 Å². The molecule has 11 heteroatoms. The van der Waals surface area contributed by atoms with Crippen molar-refractivity contribution in [1.82, 2.24) is 29.9 Å². The van der Waals surface area contributed by atoms with E-state index in [0.717, 1.165) is 25.5 Å². The summed E-state index contributed by atoms with van der Waals surface area (Å²) in [6.07, 6.45) is 11.5. The molecule has 1 aliphatic heterocycles. The van der Waals surface area contributed by atoms with Gasteiger partial charge in [-0.25, -0.2) is 35.2 Å². The van der Waals surface area contributed by atoms with Gasteiger partial charge in [-0.15, -0.1) is 0 Å². The number of aromatic nitrogens is 5. The Labute approximate surface area is 202 Å². The third-order valence-corrected chi connectivity index (χ3v) is 5.50. The van der Waals surface area contributed by atoms with Crippen molar-refractivity contribution in [3.05, 3.63) is 60.6 Å². The fourth-order valence-electron chi connectivity index (χ4n) is 3.64. The summed E-state index contributed by atoms with van der Waals surface area (Å²) in [6, 6.07) is 6.89. The van der Waals surface area contributed by atoms with Gasteiger partial charge in [0.1, 0.15) is 29.4 Å². The normalized spacial score (nSPS) is 13.2. The predicted octanol–water partition coefficient (Wildman–Crippen LogP) is 3.66. The van der Waals surface area contributed by atoms with Crippen LogP contribution in [0.3, 0.4) is 0 Å². The van der Waals surface area contributed by atoms with Crippen LogP contribution < -0.4 is 20.9 Å². The zero-order valence-corrected chi connectivity index (χ0v) is 19.7.